The first-order chi connectivity index (χ1) is 20.7. The minimum Gasteiger partial charge on any atom is -0.487 e. The quantitative estimate of drug-likeness (QED) is 0.153. The number of carbonyl (C=O) groups is 1. The second-order valence-electron chi connectivity index (χ2n) is 10.2. The van der Waals surface area contributed by atoms with Crippen molar-refractivity contribution in [1.29, 1.82) is 0 Å². The smallest absolute Gasteiger partial charge is 0.408 e. The van der Waals surface area contributed by atoms with Crippen LogP contribution in [0.3, 0.4) is 0 Å². The molecule has 2 N–H and O–H groups in total. The Morgan fingerprint density at radius 1 is 1.05 bits per heavy atom. The van der Waals surface area contributed by atoms with Crippen molar-refractivity contribution < 1.29 is 31.8 Å². The largest absolute Gasteiger partial charge is 0.487 e. The molecule has 43 heavy (non-hydrogen) atoms. The number of alkyl halides is 3. The fourth-order valence-electron chi connectivity index (χ4n) is 5.20. The Bertz CT molecular complexity index is 1780. The zero-order valence-corrected chi connectivity index (χ0v) is 22.7. The monoisotopic (exact) mass is 594 g/mol. The summed E-state index contributed by atoms with van der Waals surface area (Å²) in [7, 11) is 0. The predicted molar refractivity (Wildman–Crippen MR) is 149 cm³/mol. The number of esters is 1. The summed E-state index contributed by atoms with van der Waals surface area (Å²) in [6, 6.07) is 15.0. The summed E-state index contributed by atoms with van der Waals surface area (Å²) >= 11 is 0. The van der Waals surface area contributed by atoms with Crippen LogP contribution in [-0.2, 0) is 4.74 Å². The molecule has 13 heteroatoms. The highest BCUT2D eigenvalue weighted by Crippen LogP contribution is 2.39. The lowest BCUT2D eigenvalue weighted by molar-refractivity contribution is -0.183. The first-order valence-electron chi connectivity index (χ1n) is 13.5. The number of aromatic nitrogens is 4. The number of fused-ring (bicyclic) bond motifs is 2. The van der Waals surface area contributed by atoms with Gasteiger partial charge in [0.25, 0.3) is 0 Å². The van der Waals surface area contributed by atoms with Crippen molar-refractivity contribution in [2.75, 3.05) is 26.3 Å². The molecule has 0 saturated carbocycles. The maximum absolute atomic E-state index is 14.7. The van der Waals surface area contributed by atoms with Crippen molar-refractivity contribution in [1.82, 2.24) is 24.5 Å². The minimum atomic E-state index is -4.52. The number of pyridine rings is 2. The van der Waals surface area contributed by atoms with E-state index in [1.54, 1.807) is 42.5 Å². The first-order valence-corrected chi connectivity index (χ1v) is 13.5. The molecule has 6 rings (SSSR count). The molecular formula is C30H26F4N6O3. The van der Waals surface area contributed by atoms with Gasteiger partial charge in [-0.2, -0.15) is 13.2 Å². The van der Waals surface area contributed by atoms with Gasteiger partial charge in [-0.3, -0.25) is 9.30 Å². The van der Waals surface area contributed by atoms with Gasteiger partial charge in [-0.1, -0.05) is 30.3 Å². The fourth-order valence-corrected chi connectivity index (χ4v) is 5.20. The molecule has 2 atom stereocenters. The molecule has 0 bridgehead atoms. The van der Waals surface area contributed by atoms with E-state index in [1.807, 2.05) is 0 Å². The van der Waals surface area contributed by atoms with Crippen molar-refractivity contribution in [2.45, 2.75) is 24.7 Å². The molecule has 4 heterocycles. The van der Waals surface area contributed by atoms with Gasteiger partial charge in [-0.25, -0.2) is 14.2 Å². The number of likely N-dealkylation sites (tertiary alicyclic amines) is 1. The van der Waals surface area contributed by atoms with Gasteiger partial charge in [-0.15, -0.1) is 10.2 Å². The third kappa shape index (κ3) is 5.99. The third-order valence-corrected chi connectivity index (χ3v) is 7.23. The average Bonchev–Trinajstić information content (AvgIpc) is 3.60. The zero-order chi connectivity index (χ0) is 30.1. The second kappa shape index (κ2) is 11.6. The molecule has 1 saturated heterocycles. The van der Waals surface area contributed by atoms with Crippen LogP contribution < -0.4 is 10.5 Å². The van der Waals surface area contributed by atoms with E-state index < -0.39 is 24.0 Å². The number of nitrogens with two attached hydrogens (primary N) is 1. The van der Waals surface area contributed by atoms with Gasteiger partial charge in [0, 0.05) is 36.8 Å². The van der Waals surface area contributed by atoms with E-state index in [2.05, 4.69) is 15.2 Å². The highest BCUT2D eigenvalue weighted by Gasteiger charge is 2.46. The van der Waals surface area contributed by atoms with Crippen molar-refractivity contribution in [3.8, 4) is 17.3 Å². The molecule has 1 fully saturated rings. The molecule has 1 aliphatic heterocycles. The standard InChI is InChI=1S/C30H26F4N6O3/c31-22-14-19-6-8-23(36-24(19)15-25(22)42-12-13-43-29(41)18-4-2-1-3-5-18)28-38-37-26-9-7-20(16-40(26)28)27(30(32,33)34)39-11-10-21(35)17-39/h1-9,14-16,21,27H,10-13,17,35H2. The Balaban J connectivity index is 1.24. The van der Waals surface area contributed by atoms with Crippen LogP contribution in [0.25, 0.3) is 28.1 Å². The van der Waals surface area contributed by atoms with Crippen molar-refractivity contribution in [3.63, 3.8) is 0 Å². The van der Waals surface area contributed by atoms with Crippen molar-refractivity contribution >= 4 is 22.5 Å². The third-order valence-electron chi connectivity index (χ3n) is 7.23. The van der Waals surface area contributed by atoms with E-state index in [9.17, 15) is 22.4 Å². The topological polar surface area (TPSA) is 108 Å². The van der Waals surface area contributed by atoms with E-state index in [0.29, 0.717) is 34.2 Å². The summed E-state index contributed by atoms with van der Waals surface area (Å²) < 4.78 is 69.5. The van der Waals surface area contributed by atoms with E-state index in [1.165, 1.54) is 39.8 Å². The van der Waals surface area contributed by atoms with Gasteiger partial charge < -0.3 is 15.2 Å². The number of nitrogens with zero attached hydrogens (tertiary/aromatic N) is 5. The number of carbonyl (C=O) groups excluding carboxylic acids is 1. The molecule has 9 nitrogen and oxygen atoms in total. The van der Waals surface area contributed by atoms with Crippen LogP contribution >= 0.6 is 0 Å². The van der Waals surface area contributed by atoms with E-state index in [-0.39, 0.29) is 49.5 Å². The Labute approximate surface area is 242 Å². The number of rotatable bonds is 8. The summed E-state index contributed by atoms with van der Waals surface area (Å²) in [5, 5.41) is 8.74. The summed E-state index contributed by atoms with van der Waals surface area (Å²) in [6.45, 7) is 0.177. The average molecular weight is 595 g/mol. The van der Waals surface area contributed by atoms with Crippen LogP contribution in [0.15, 0.2) is 72.9 Å². The number of ether oxygens (including phenoxy) is 2. The number of hydrogen-bond donors (Lipinski definition) is 1. The lowest BCUT2D eigenvalue weighted by atomic mass is 10.1. The SMILES string of the molecule is NC1CCN(C(c2ccc3nnc(-c4ccc5cc(F)c(OCCOC(=O)c6ccccc6)cc5n4)n3c2)C(F)(F)F)C1. The number of halogens is 4. The Hall–Kier alpha value is -4.62. The van der Waals surface area contributed by atoms with Crippen LogP contribution in [0.1, 0.15) is 28.4 Å². The summed E-state index contributed by atoms with van der Waals surface area (Å²) in [5.41, 5.74) is 7.34. The summed E-state index contributed by atoms with van der Waals surface area (Å²) in [4.78, 5) is 18.0. The molecule has 2 unspecified atom stereocenters. The van der Waals surface area contributed by atoms with Gasteiger partial charge in [0.05, 0.1) is 11.1 Å². The van der Waals surface area contributed by atoms with Crippen molar-refractivity contribution in [3.05, 3.63) is 89.9 Å². The van der Waals surface area contributed by atoms with Gasteiger partial charge in [0.1, 0.15) is 24.9 Å². The minimum absolute atomic E-state index is 0.0293. The molecule has 1 aliphatic rings. The normalized spacial score (nSPS) is 16.5. The predicted octanol–water partition coefficient (Wildman–Crippen LogP) is 4.96. The Kier molecular flexibility index (Phi) is 7.67. The number of benzene rings is 2. The summed E-state index contributed by atoms with van der Waals surface area (Å²) in [6.07, 6.45) is -2.67. The summed E-state index contributed by atoms with van der Waals surface area (Å²) in [5.74, 6) is -1.03. The number of hydrogen-bond acceptors (Lipinski definition) is 8. The molecule has 0 amide bonds. The van der Waals surface area contributed by atoms with Crippen LogP contribution in [0, 0.1) is 5.82 Å². The van der Waals surface area contributed by atoms with Gasteiger partial charge >= 0.3 is 12.1 Å². The molecular weight excluding hydrogens is 568 g/mol. The lowest BCUT2D eigenvalue weighted by Gasteiger charge is -2.30. The molecule has 0 radical (unpaired) electrons. The lowest BCUT2D eigenvalue weighted by Crippen LogP contribution is -2.38. The molecule has 222 valence electrons. The maximum Gasteiger partial charge on any atom is 0.408 e. The Morgan fingerprint density at radius 3 is 2.60 bits per heavy atom. The van der Waals surface area contributed by atoms with Gasteiger partial charge in [0.15, 0.2) is 23.0 Å². The Morgan fingerprint density at radius 2 is 1.86 bits per heavy atom. The molecule has 3 aromatic heterocycles. The fraction of sp³-hybridized carbons (Fsp3) is 0.267. The van der Waals surface area contributed by atoms with Crippen LogP contribution in [0.2, 0.25) is 0 Å². The van der Waals surface area contributed by atoms with Crippen LogP contribution in [0.5, 0.6) is 5.75 Å². The van der Waals surface area contributed by atoms with Crippen LogP contribution in [-0.4, -0.2) is 69.0 Å². The zero-order valence-electron chi connectivity index (χ0n) is 22.7. The molecule has 5 aromatic rings. The van der Waals surface area contributed by atoms with E-state index >= 15 is 0 Å². The maximum atomic E-state index is 14.7. The van der Waals surface area contributed by atoms with Crippen molar-refractivity contribution in [2.24, 2.45) is 5.73 Å². The highest BCUT2D eigenvalue weighted by molar-refractivity contribution is 5.89. The van der Waals surface area contributed by atoms with Gasteiger partial charge in [0.2, 0.25) is 0 Å². The van der Waals surface area contributed by atoms with E-state index in [0.717, 1.165) is 0 Å². The highest BCUT2D eigenvalue weighted by atomic mass is 19.4. The molecule has 2 aromatic carbocycles. The van der Waals surface area contributed by atoms with E-state index in [4.69, 9.17) is 15.2 Å². The van der Waals surface area contributed by atoms with Crippen LogP contribution in [0.4, 0.5) is 17.6 Å². The first kappa shape index (κ1) is 28.5. The molecule has 0 aliphatic carbocycles. The van der Waals surface area contributed by atoms with Gasteiger partial charge in [-0.05, 0) is 42.3 Å². The molecule has 0 spiro atoms. The second-order valence-corrected chi connectivity index (χ2v) is 10.2.